The summed E-state index contributed by atoms with van der Waals surface area (Å²) in [5.41, 5.74) is -1.68. The number of carboxylic acids is 1. The molecule has 0 aromatic rings. The zero-order valence-corrected chi connectivity index (χ0v) is 18.8. The first-order chi connectivity index (χ1) is 13.2. The van der Waals surface area contributed by atoms with Crippen LogP contribution in [0.5, 0.6) is 0 Å². The van der Waals surface area contributed by atoms with E-state index in [1.807, 2.05) is 0 Å². The zero-order chi connectivity index (χ0) is 22.3. The molecule has 0 aromatic carbocycles. The molecule has 1 heterocycles. The predicted octanol–water partition coefficient (Wildman–Crippen LogP) is 2.21. The first-order valence-electron chi connectivity index (χ1n) is 9.30. The molecular formula is C17H33N2O9P. The van der Waals surface area contributed by atoms with Crippen LogP contribution in [-0.2, 0) is 32.4 Å². The number of nitrogens with zero attached hydrogens (tertiary/aromatic N) is 1. The number of carbonyl (C=O) groups excluding carboxylic acids is 1. The highest BCUT2D eigenvalue weighted by Crippen LogP contribution is 2.55. The van der Waals surface area contributed by atoms with Gasteiger partial charge in [0.15, 0.2) is 0 Å². The van der Waals surface area contributed by atoms with Gasteiger partial charge < -0.3 is 19.9 Å². The SMILES string of the molecule is CC(C)(C)OP(=O)(OCOC(=O)N(CC(=O)O)CC1COCCN1)OC(C)(C)C. The second-order valence-electron chi connectivity index (χ2n) is 8.51. The summed E-state index contributed by atoms with van der Waals surface area (Å²) >= 11 is 0. The third-order valence-electron chi connectivity index (χ3n) is 3.19. The first-order valence-corrected chi connectivity index (χ1v) is 10.8. The van der Waals surface area contributed by atoms with Crippen molar-refractivity contribution in [2.24, 2.45) is 0 Å². The van der Waals surface area contributed by atoms with E-state index in [4.69, 9.17) is 28.2 Å². The summed E-state index contributed by atoms with van der Waals surface area (Å²) in [6.45, 7) is 10.3. The Morgan fingerprint density at radius 1 is 1.17 bits per heavy atom. The minimum absolute atomic E-state index is 0.0692. The monoisotopic (exact) mass is 440 g/mol. The van der Waals surface area contributed by atoms with Crippen molar-refractivity contribution in [2.75, 3.05) is 39.6 Å². The van der Waals surface area contributed by atoms with E-state index in [1.54, 1.807) is 41.5 Å². The Bertz CT molecular complexity index is 575. The number of ether oxygens (including phenoxy) is 2. The summed E-state index contributed by atoms with van der Waals surface area (Å²) in [5.74, 6) is -1.20. The third-order valence-corrected chi connectivity index (χ3v) is 5.15. The third kappa shape index (κ3) is 11.5. The molecule has 170 valence electrons. The van der Waals surface area contributed by atoms with Crippen LogP contribution in [0.1, 0.15) is 41.5 Å². The van der Waals surface area contributed by atoms with Crippen LogP contribution in [0.2, 0.25) is 0 Å². The first kappa shape index (κ1) is 25.8. The fourth-order valence-corrected chi connectivity index (χ4v) is 4.01. The number of carbonyl (C=O) groups is 2. The Morgan fingerprint density at radius 3 is 2.21 bits per heavy atom. The topological polar surface area (TPSA) is 133 Å². The lowest BCUT2D eigenvalue weighted by atomic mass is 10.2. The number of aliphatic carboxylic acids is 1. The lowest BCUT2D eigenvalue weighted by molar-refractivity contribution is -0.138. The molecule has 0 aromatic heterocycles. The van der Waals surface area contributed by atoms with Gasteiger partial charge in [-0.15, -0.1) is 0 Å². The van der Waals surface area contributed by atoms with Gasteiger partial charge in [0.2, 0.25) is 6.79 Å². The average molecular weight is 440 g/mol. The van der Waals surface area contributed by atoms with Gasteiger partial charge in [0.25, 0.3) is 0 Å². The Balaban J connectivity index is 2.70. The largest absolute Gasteiger partial charge is 0.480 e. The van der Waals surface area contributed by atoms with Crippen molar-refractivity contribution in [3.05, 3.63) is 0 Å². The molecule has 12 heteroatoms. The number of carboxylic acid groups (broad SMARTS) is 1. The molecule has 11 nitrogen and oxygen atoms in total. The van der Waals surface area contributed by atoms with Gasteiger partial charge in [-0.1, -0.05) is 0 Å². The van der Waals surface area contributed by atoms with Crippen LogP contribution in [0.25, 0.3) is 0 Å². The van der Waals surface area contributed by atoms with Crippen LogP contribution in [0, 0.1) is 0 Å². The molecule has 0 spiro atoms. The molecule has 1 fully saturated rings. The van der Waals surface area contributed by atoms with E-state index in [9.17, 15) is 14.2 Å². The summed E-state index contributed by atoms with van der Waals surface area (Å²) in [6.07, 6.45) is -0.933. The van der Waals surface area contributed by atoms with E-state index >= 15 is 0 Å². The molecule has 1 amide bonds. The minimum atomic E-state index is -4.06. The lowest BCUT2D eigenvalue weighted by Crippen LogP contribution is -2.51. The molecule has 1 aliphatic heterocycles. The summed E-state index contributed by atoms with van der Waals surface area (Å²) < 4.78 is 39.2. The number of phosphoric acid groups is 1. The number of rotatable bonds is 9. The summed E-state index contributed by atoms with van der Waals surface area (Å²) in [4.78, 5) is 24.4. The Morgan fingerprint density at radius 2 is 1.76 bits per heavy atom. The standard InChI is InChI=1S/C17H33N2O9P/c1-16(2,3)27-29(23,28-17(4,5)6)26-12-25-15(22)19(10-14(20)21)9-13-11-24-8-7-18-13/h13,18H,7-12H2,1-6H3,(H,20,21). The van der Waals surface area contributed by atoms with Crippen molar-refractivity contribution >= 4 is 19.9 Å². The highest BCUT2D eigenvalue weighted by Gasteiger charge is 2.37. The number of amides is 1. The summed E-state index contributed by atoms with van der Waals surface area (Å²) in [5, 5.41) is 12.2. The van der Waals surface area contributed by atoms with E-state index in [-0.39, 0.29) is 12.6 Å². The minimum Gasteiger partial charge on any atom is -0.480 e. The van der Waals surface area contributed by atoms with Crippen molar-refractivity contribution in [3.8, 4) is 0 Å². The van der Waals surface area contributed by atoms with Gasteiger partial charge in [0.05, 0.1) is 24.4 Å². The van der Waals surface area contributed by atoms with Crippen molar-refractivity contribution in [3.63, 3.8) is 0 Å². The quantitative estimate of drug-likeness (QED) is 0.406. The van der Waals surface area contributed by atoms with Crippen LogP contribution in [0.15, 0.2) is 0 Å². The maximum absolute atomic E-state index is 12.9. The Kier molecular flexibility index (Phi) is 9.52. The second kappa shape index (κ2) is 10.7. The lowest BCUT2D eigenvalue weighted by Gasteiger charge is -2.31. The van der Waals surface area contributed by atoms with E-state index in [2.05, 4.69) is 5.32 Å². The Hall–Kier alpha value is -1.23. The van der Waals surface area contributed by atoms with Gasteiger partial charge in [-0.3, -0.25) is 18.7 Å². The Labute approximate surface area is 171 Å². The molecule has 1 unspecified atom stereocenters. The molecule has 1 rings (SSSR count). The highest BCUT2D eigenvalue weighted by atomic mass is 31.2. The van der Waals surface area contributed by atoms with Crippen molar-refractivity contribution < 1.29 is 42.3 Å². The van der Waals surface area contributed by atoms with Gasteiger partial charge in [0.1, 0.15) is 6.54 Å². The number of nitrogens with one attached hydrogen (secondary N) is 1. The fourth-order valence-electron chi connectivity index (χ4n) is 2.34. The molecule has 29 heavy (non-hydrogen) atoms. The fraction of sp³-hybridized carbons (Fsp3) is 0.882. The number of hydrogen-bond donors (Lipinski definition) is 2. The van der Waals surface area contributed by atoms with Gasteiger partial charge in [0, 0.05) is 19.1 Å². The number of phosphoric ester groups is 1. The van der Waals surface area contributed by atoms with Gasteiger partial charge >= 0.3 is 19.9 Å². The molecule has 1 atom stereocenters. The normalized spacial score (nSPS) is 18.3. The van der Waals surface area contributed by atoms with Crippen molar-refractivity contribution in [1.82, 2.24) is 10.2 Å². The average Bonchev–Trinajstić information content (AvgIpc) is 2.50. The molecule has 0 saturated carbocycles. The van der Waals surface area contributed by atoms with Crippen LogP contribution in [0.4, 0.5) is 4.79 Å². The van der Waals surface area contributed by atoms with E-state index in [0.29, 0.717) is 19.8 Å². The van der Waals surface area contributed by atoms with E-state index in [0.717, 1.165) is 4.90 Å². The van der Waals surface area contributed by atoms with E-state index in [1.165, 1.54) is 0 Å². The van der Waals surface area contributed by atoms with Crippen molar-refractivity contribution in [2.45, 2.75) is 58.8 Å². The van der Waals surface area contributed by atoms with Gasteiger partial charge in [-0.05, 0) is 41.5 Å². The molecule has 1 aliphatic rings. The maximum Gasteiger partial charge on any atom is 0.478 e. The summed E-state index contributed by atoms with van der Waals surface area (Å²) in [7, 11) is -4.06. The summed E-state index contributed by atoms with van der Waals surface area (Å²) in [6, 6.07) is -0.226. The van der Waals surface area contributed by atoms with Crippen LogP contribution >= 0.6 is 7.82 Å². The smallest absolute Gasteiger partial charge is 0.478 e. The van der Waals surface area contributed by atoms with E-state index < -0.39 is 44.4 Å². The highest BCUT2D eigenvalue weighted by molar-refractivity contribution is 7.48. The molecule has 0 bridgehead atoms. The predicted molar refractivity (Wildman–Crippen MR) is 104 cm³/mol. The van der Waals surface area contributed by atoms with Crippen LogP contribution in [0.3, 0.4) is 0 Å². The van der Waals surface area contributed by atoms with Crippen molar-refractivity contribution in [1.29, 1.82) is 0 Å². The van der Waals surface area contributed by atoms with Gasteiger partial charge in [-0.2, -0.15) is 0 Å². The zero-order valence-electron chi connectivity index (χ0n) is 17.9. The molecule has 0 radical (unpaired) electrons. The molecule has 0 aliphatic carbocycles. The van der Waals surface area contributed by atoms with Crippen LogP contribution < -0.4 is 5.32 Å². The number of hydrogen-bond acceptors (Lipinski definition) is 9. The number of morpholine rings is 1. The van der Waals surface area contributed by atoms with Gasteiger partial charge in [-0.25, -0.2) is 13.9 Å². The second-order valence-corrected chi connectivity index (χ2v) is 10.0. The molecule has 2 N–H and O–H groups in total. The molecular weight excluding hydrogens is 407 g/mol. The maximum atomic E-state index is 12.9. The van der Waals surface area contributed by atoms with Crippen LogP contribution in [-0.4, -0.2) is 79.0 Å². The molecule has 1 saturated heterocycles.